The molecule has 10 heteroatoms. The van der Waals surface area contributed by atoms with E-state index in [9.17, 15) is 31.8 Å². The summed E-state index contributed by atoms with van der Waals surface area (Å²) in [6.07, 6.45) is -4.93. The molecule has 3 rings (SSSR count). The van der Waals surface area contributed by atoms with Gasteiger partial charge in [-0.25, -0.2) is 8.42 Å². The predicted octanol–water partition coefficient (Wildman–Crippen LogP) is 4.72. The first-order valence-electron chi connectivity index (χ1n) is 7.34. The van der Waals surface area contributed by atoms with Crippen LogP contribution < -0.4 is 4.72 Å². The van der Waals surface area contributed by atoms with Gasteiger partial charge in [0.15, 0.2) is 0 Å². The van der Waals surface area contributed by atoms with Crippen LogP contribution in [0.5, 0.6) is 11.5 Å². The van der Waals surface area contributed by atoms with E-state index in [1.165, 1.54) is 12.1 Å². The van der Waals surface area contributed by atoms with E-state index in [0.29, 0.717) is 17.5 Å². The Kier molecular flexibility index (Phi) is 4.61. The Balaban J connectivity index is 2.11. The molecule has 3 aromatic rings. The van der Waals surface area contributed by atoms with E-state index in [0.717, 1.165) is 12.1 Å². The van der Waals surface area contributed by atoms with Gasteiger partial charge in [0.2, 0.25) is 0 Å². The topological polar surface area (TPSA) is 86.6 Å². The number of anilines is 1. The highest BCUT2D eigenvalue weighted by molar-refractivity contribution is 7.92. The van der Waals surface area contributed by atoms with Crippen LogP contribution in [0.3, 0.4) is 0 Å². The van der Waals surface area contributed by atoms with Crippen LogP contribution in [-0.4, -0.2) is 18.6 Å². The minimum absolute atomic E-state index is 0.0185. The van der Waals surface area contributed by atoms with Crippen molar-refractivity contribution in [2.75, 3.05) is 4.72 Å². The number of fused-ring (bicyclic) bond motifs is 1. The normalized spacial score (nSPS) is 12.3. The molecule has 0 saturated heterocycles. The van der Waals surface area contributed by atoms with Crippen LogP contribution in [0.25, 0.3) is 10.8 Å². The summed E-state index contributed by atoms with van der Waals surface area (Å²) in [5.41, 5.74) is -1.49. The first-order chi connectivity index (χ1) is 12.5. The second-order valence-electron chi connectivity index (χ2n) is 5.58. The van der Waals surface area contributed by atoms with Crippen molar-refractivity contribution in [3.63, 3.8) is 0 Å². The van der Waals surface area contributed by atoms with Crippen LogP contribution in [0, 0.1) is 0 Å². The Labute approximate surface area is 156 Å². The van der Waals surface area contributed by atoms with Gasteiger partial charge in [0.1, 0.15) is 11.5 Å². The number of rotatable bonds is 3. The summed E-state index contributed by atoms with van der Waals surface area (Å²) in [7, 11) is -4.44. The lowest BCUT2D eigenvalue weighted by atomic mass is 10.1. The maximum atomic E-state index is 12.9. The molecule has 0 aliphatic carbocycles. The van der Waals surface area contributed by atoms with Gasteiger partial charge in [-0.05, 0) is 24.3 Å². The fourth-order valence-electron chi connectivity index (χ4n) is 2.52. The molecule has 0 fully saturated rings. The third kappa shape index (κ3) is 3.60. The zero-order chi connectivity index (χ0) is 20.0. The van der Waals surface area contributed by atoms with Crippen LogP contribution in [-0.2, 0) is 16.2 Å². The number of nitrogens with one attached hydrogen (secondary N) is 1. The number of benzene rings is 3. The van der Waals surface area contributed by atoms with Crippen molar-refractivity contribution in [1.82, 2.24) is 0 Å². The number of hydrogen-bond donors (Lipinski definition) is 3. The highest BCUT2D eigenvalue weighted by atomic mass is 35.5. The summed E-state index contributed by atoms with van der Waals surface area (Å²) in [6, 6.07) is 9.21. The number of sulfonamides is 1. The molecule has 3 aromatic carbocycles. The largest absolute Gasteiger partial charge is 0.507 e. The summed E-state index contributed by atoms with van der Waals surface area (Å²) < 4.78 is 66.1. The van der Waals surface area contributed by atoms with Gasteiger partial charge in [-0.3, -0.25) is 4.72 Å². The van der Waals surface area contributed by atoms with Crippen molar-refractivity contribution in [1.29, 1.82) is 0 Å². The number of aromatic hydroxyl groups is 2. The van der Waals surface area contributed by atoms with Gasteiger partial charge < -0.3 is 10.2 Å². The van der Waals surface area contributed by atoms with E-state index in [2.05, 4.69) is 4.72 Å². The highest BCUT2D eigenvalue weighted by Crippen LogP contribution is 2.39. The van der Waals surface area contributed by atoms with Gasteiger partial charge in [-0.15, -0.1) is 0 Å². The van der Waals surface area contributed by atoms with Crippen LogP contribution in [0.2, 0.25) is 5.02 Å². The van der Waals surface area contributed by atoms with Gasteiger partial charge in [0.25, 0.3) is 10.0 Å². The molecule has 0 saturated carbocycles. The Bertz CT molecular complexity index is 1150. The number of alkyl halides is 3. The van der Waals surface area contributed by atoms with Gasteiger partial charge in [-0.1, -0.05) is 35.9 Å². The summed E-state index contributed by atoms with van der Waals surface area (Å²) in [4.78, 5) is -0.694. The molecular weight excluding hydrogens is 407 g/mol. The maximum absolute atomic E-state index is 12.9. The number of hydrogen-bond acceptors (Lipinski definition) is 4. The summed E-state index contributed by atoms with van der Waals surface area (Å²) >= 11 is 5.91. The smallest absolute Gasteiger partial charge is 0.419 e. The highest BCUT2D eigenvalue weighted by Gasteiger charge is 2.35. The molecule has 0 aliphatic heterocycles. The molecule has 0 spiro atoms. The van der Waals surface area contributed by atoms with Crippen LogP contribution in [0.15, 0.2) is 53.4 Å². The Morgan fingerprint density at radius 2 is 1.59 bits per heavy atom. The maximum Gasteiger partial charge on any atom is 0.419 e. The van der Waals surface area contributed by atoms with Crippen LogP contribution in [0.1, 0.15) is 5.56 Å². The van der Waals surface area contributed by atoms with E-state index in [1.807, 2.05) is 0 Å². The summed E-state index contributed by atoms with van der Waals surface area (Å²) in [5, 5.41) is 19.8. The molecule has 0 heterocycles. The monoisotopic (exact) mass is 417 g/mol. The van der Waals surface area contributed by atoms with Crippen LogP contribution >= 0.6 is 11.6 Å². The number of phenols is 2. The average molecular weight is 418 g/mol. The zero-order valence-electron chi connectivity index (χ0n) is 13.2. The standard InChI is InChI=1S/C17H11ClF3NO4S/c18-13-8-14(10-3-1-2-4-11(10)16(13)24)22-27(25,26)9-5-6-15(23)12(7-9)17(19,20)21/h1-8,22-24H. The van der Waals surface area contributed by atoms with E-state index in [1.54, 1.807) is 12.1 Å². The molecule has 0 aliphatic rings. The van der Waals surface area contributed by atoms with Crippen molar-refractivity contribution in [2.45, 2.75) is 11.1 Å². The molecule has 27 heavy (non-hydrogen) atoms. The molecular formula is C17H11ClF3NO4S. The number of halogens is 4. The second kappa shape index (κ2) is 6.50. The van der Waals surface area contributed by atoms with Crippen molar-refractivity contribution < 1.29 is 31.8 Å². The molecule has 0 radical (unpaired) electrons. The first kappa shape index (κ1) is 19.1. The third-order valence-corrected chi connectivity index (χ3v) is 5.45. The van der Waals surface area contributed by atoms with Gasteiger partial charge in [0, 0.05) is 10.8 Å². The molecule has 0 amide bonds. The first-order valence-corrected chi connectivity index (χ1v) is 9.20. The lowest BCUT2D eigenvalue weighted by Crippen LogP contribution is -2.15. The zero-order valence-corrected chi connectivity index (χ0v) is 14.8. The molecule has 0 bridgehead atoms. The van der Waals surface area contributed by atoms with Crippen molar-refractivity contribution >= 4 is 38.1 Å². The van der Waals surface area contributed by atoms with Crippen molar-refractivity contribution in [3.8, 4) is 11.5 Å². The Morgan fingerprint density at radius 1 is 0.963 bits per heavy atom. The van der Waals surface area contributed by atoms with Gasteiger partial charge in [-0.2, -0.15) is 13.2 Å². The Morgan fingerprint density at radius 3 is 2.22 bits per heavy atom. The molecule has 0 atom stereocenters. The summed E-state index contributed by atoms with van der Waals surface area (Å²) in [5.74, 6) is -1.33. The molecule has 0 unspecified atom stereocenters. The fraction of sp³-hybridized carbons (Fsp3) is 0.0588. The minimum atomic E-state index is -4.93. The molecule has 0 aromatic heterocycles. The predicted molar refractivity (Wildman–Crippen MR) is 94.5 cm³/mol. The second-order valence-corrected chi connectivity index (χ2v) is 7.67. The average Bonchev–Trinajstić information content (AvgIpc) is 2.58. The molecule has 5 nitrogen and oxygen atoms in total. The van der Waals surface area contributed by atoms with E-state index >= 15 is 0 Å². The quantitative estimate of drug-likeness (QED) is 0.538. The van der Waals surface area contributed by atoms with E-state index < -0.39 is 32.4 Å². The molecule has 142 valence electrons. The van der Waals surface area contributed by atoms with Gasteiger partial charge in [0.05, 0.1) is 21.2 Å². The number of phenolic OH excluding ortho intramolecular Hbond substituents is 2. The van der Waals surface area contributed by atoms with E-state index in [-0.39, 0.29) is 21.8 Å². The van der Waals surface area contributed by atoms with Crippen molar-refractivity contribution in [3.05, 3.63) is 59.1 Å². The fourth-order valence-corrected chi connectivity index (χ4v) is 3.83. The Hall–Kier alpha value is -2.65. The SMILES string of the molecule is O=S(=O)(Nc1cc(Cl)c(O)c2ccccc12)c1ccc(O)c(C(F)(F)F)c1. The molecule has 3 N–H and O–H groups in total. The third-order valence-electron chi connectivity index (χ3n) is 3.80. The minimum Gasteiger partial charge on any atom is -0.507 e. The summed E-state index contributed by atoms with van der Waals surface area (Å²) in [6.45, 7) is 0. The van der Waals surface area contributed by atoms with Crippen molar-refractivity contribution in [2.24, 2.45) is 0 Å². The lowest BCUT2D eigenvalue weighted by Gasteiger charge is -2.14. The van der Waals surface area contributed by atoms with Crippen LogP contribution in [0.4, 0.5) is 18.9 Å². The lowest BCUT2D eigenvalue weighted by molar-refractivity contribution is -0.138. The van der Waals surface area contributed by atoms with Gasteiger partial charge >= 0.3 is 6.18 Å². The van der Waals surface area contributed by atoms with E-state index in [4.69, 9.17) is 11.6 Å².